The predicted octanol–water partition coefficient (Wildman–Crippen LogP) is 4.64. The van der Waals surface area contributed by atoms with Crippen molar-refractivity contribution in [1.82, 2.24) is 19.7 Å². The van der Waals surface area contributed by atoms with Crippen molar-refractivity contribution in [3.63, 3.8) is 0 Å². The number of benzene rings is 2. The van der Waals surface area contributed by atoms with E-state index in [1.165, 1.54) is 4.68 Å². The lowest BCUT2D eigenvalue weighted by Crippen LogP contribution is -2.34. The van der Waals surface area contributed by atoms with Crippen LogP contribution < -0.4 is 5.56 Å². The lowest BCUT2D eigenvalue weighted by molar-refractivity contribution is 0.0728. The summed E-state index contributed by atoms with van der Waals surface area (Å²) in [5, 5.41) is 6.67. The summed E-state index contributed by atoms with van der Waals surface area (Å²) < 4.78 is 2.58. The van der Waals surface area contributed by atoms with Gasteiger partial charge in [0.2, 0.25) is 0 Å². The minimum atomic E-state index is -0.148. The molecular weight excluding hydrogens is 408 g/mol. The maximum absolute atomic E-state index is 13.7. The third-order valence-electron chi connectivity index (χ3n) is 5.72. The number of hydrogen-bond acceptors (Lipinski definition) is 5. The number of fused-ring (bicyclic) bond motifs is 2. The molecule has 1 aliphatic rings. The van der Waals surface area contributed by atoms with Crippen molar-refractivity contribution in [2.75, 3.05) is 6.54 Å². The van der Waals surface area contributed by atoms with Gasteiger partial charge in [0.25, 0.3) is 11.5 Å². The minimum Gasteiger partial charge on any atom is -0.328 e. The minimum absolute atomic E-state index is 0.0593. The molecule has 1 saturated heterocycles. The molecule has 1 amide bonds. The molecule has 1 aliphatic heterocycles. The normalized spacial score (nSPS) is 16.6. The molecule has 0 aliphatic carbocycles. The Morgan fingerprint density at radius 3 is 2.65 bits per heavy atom. The standard InChI is InChI=1S/C24H24N4O2S/c1-15(2)14-28-23(29)17-9-4-3-8-16(17)21(26-28)24(30)27-13-7-11-19(27)22-25-18-10-5-6-12-20(18)31-22/h3-6,8-10,12,15,19H,7,11,13-14H2,1-2H3/t19-/m0/s1. The van der Waals surface area contributed by atoms with Crippen molar-refractivity contribution in [3.8, 4) is 0 Å². The molecule has 0 radical (unpaired) electrons. The fourth-order valence-electron chi connectivity index (χ4n) is 4.30. The summed E-state index contributed by atoms with van der Waals surface area (Å²) in [4.78, 5) is 33.3. The van der Waals surface area contributed by atoms with Crippen LogP contribution in [-0.4, -0.2) is 32.1 Å². The molecule has 0 bridgehead atoms. The van der Waals surface area contributed by atoms with Crippen LogP contribution in [0.2, 0.25) is 0 Å². The van der Waals surface area contributed by atoms with E-state index >= 15 is 0 Å². The largest absolute Gasteiger partial charge is 0.328 e. The molecule has 0 unspecified atom stereocenters. The van der Waals surface area contributed by atoms with Crippen LogP contribution >= 0.6 is 11.3 Å². The highest BCUT2D eigenvalue weighted by molar-refractivity contribution is 7.18. The first-order chi connectivity index (χ1) is 15.0. The quantitative estimate of drug-likeness (QED) is 0.471. The molecule has 2 aromatic heterocycles. The van der Waals surface area contributed by atoms with Gasteiger partial charge in [-0.2, -0.15) is 5.10 Å². The van der Waals surface area contributed by atoms with E-state index in [-0.39, 0.29) is 23.4 Å². The molecule has 0 saturated carbocycles. The number of nitrogens with zero attached hydrogens (tertiary/aromatic N) is 4. The summed E-state index contributed by atoms with van der Waals surface area (Å²) in [5.74, 6) is 0.118. The molecule has 7 heteroatoms. The molecule has 6 nitrogen and oxygen atoms in total. The predicted molar refractivity (Wildman–Crippen MR) is 123 cm³/mol. The second kappa shape index (κ2) is 7.89. The summed E-state index contributed by atoms with van der Waals surface area (Å²) in [6.07, 6.45) is 1.81. The van der Waals surface area contributed by atoms with Crippen LogP contribution in [0.4, 0.5) is 0 Å². The number of hydrogen-bond donors (Lipinski definition) is 0. The highest BCUT2D eigenvalue weighted by atomic mass is 32.1. The second-order valence-corrected chi connectivity index (χ2v) is 9.51. The maximum atomic E-state index is 13.7. The number of rotatable bonds is 4. The molecule has 4 aromatic rings. The van der Waals surface area contributed by atoms with Gasteiger partial charge in [0, 0.05) is 18.5 Å². The number of carbonyl (C=O) groups is 1. The van der Waals surface area contributed by atoms with Gasteiger partial charge in [-0.1, -0.05) is 44.2 Å². The van der Waals surface area contributed by atoms with Crippen LogP contribution in [0.1, 0.15) is 48.2 Å². The van der Waals surface area contributed by atoms with Gasteiger partial charge in [0.1, 0.15) is 5.01 Å². The SMILES string of the molecule is CC(C)Cn1nc(C(=O)N2CCC[C@H]2c2nc3ccccc3s2)c2ccccc2c1=O. The molecule has 5 rings (SSSR count). The molecule has 0 N–H and O–H groups in total. The Morgan fingerprint density at radius 1 is 1.13 bits per heavy atom. The summed E-state index contributed by atoms with van der Waals surface area (Å²) in [7, 11) is 0. The van der Waals surface area contributed by atoms with Gasteiger partial charge in [0.05, 0.1) is 21.6 Å². The lowest BCUT2D eigenvalue weighted by atomic mass is 10.1. The Bertz CT molecular complexity index is 1310. The Morgan fingerprint density at radius 2 is 1.87 bits per heavy atom. The first kappa shape index (κ1) is 19.9. The first-order valence-electron chi connectivity index (χ1n) is 10.7. The van der Waals surface area contributed by atoms with E-state index in [2.05, 4.69) is 11.2 Å². The van der Waals surface area contributed by atoms with E-state index in [0.717, 1.165) is 28.1 Å². The van der Waals surface area contributed by atoms with Crippen LogP contribution in [0.25, 0.3) is 21.0 Å². The molecule has 1 atom stereocenters. The van der Waals surface area contributed by atoms with Gasteiger partial charge >= 0.3 is 0 Å². The van der Waals surface area contributed by atoms with Gasteiger partial charge in [-0.05, 0) is 37.0 Å². The number of thiazole rings is 1. The van der Waals surface area contributed by atoms with E-state index in [1.54, 1.807) is 17.4 Å². The van der Waals surface area contributed by atoms with Crippen LogP contribution in [0.5, 0.6) is 0 Å². The van der Waals surface area contributed by atoms with Crippen LogP contribution in [-0.2, 0) is 6.54 Å². The molecule has 158 valence electrons. The van der Waals surface area contributed by atoms with Crippen molar-refractivity contribution in [1.29, 1.82) is 0 Å². The second-order valence-electron chi connectivity index (χ2n) is 8.45. The topological polar surface area (TPSA) is 68.1 Å². The van der Waals surface area contributed by atoms with Gasteiger partial charge in [-0.3, -0.25) is 9.59 Å². The lowest BCUT2D eigenvalue weighted by Gasteiger charge is -2.23. The van der Waals surface area contributed by atoms with Gasteiger partial charge in [-0.25, -0.2) is 9.67 Å². The molecule has 0 spiro atoms. The number of aromatic nitrogens is 3. The van der Waals surface area contributed by atoms with Crippen molar-refractivity contribution in [2.45, 2.75) is 39.3 Å². The molecular formula is C24H24N4O2S. The Kier molecular flexibility index (Phi) is 5.06. The Balaban J connectivity index is 1.58. The summed E-state index contributed by atoms with van der Waals surface area (Å²) >= 11 is 1.65. The summed E-state index contributed by atoms with van der Waals surface area (Å²) in [5.41, 5.74) is 1.17. The molecule has 31 heavy (non-hydrogen) atoms. The van der Waals surface area contributed by atoms with Crippen molar-refractivity contribution < 1.29 is 4.79 Å². The van der Waals surface area contributed by atoms with Crippen LogP contribution in [0.15, 0.2) is 53.3 Å². The molecule has 1 fully saturated rings. The number of para-hydroxylation sites is 1. The van der Waals surface area contributed by atoms with Crippen LogP contribution in [0.3, 0.4) is 0 Å². The summed E-state index contributed by atoms with van der Waals surface area (Å²) in [6, 6.07) is 15.3. The van der Waals surface area contributed by atoms with E-state index in [4.69, 9.17) is 4.98 Å². The monoisotopic (exact) mass is 432 g/mol. The Labute approximate surface area is 184 Å². The summed E-state index contributed by atoms with van der Waals surface area (Å²) in [6.45, 7) is 5.22. The zero-order valence-corrected chi connectivity index (χ0v) is 18.4. The van der Waals surface area contributed by atoms with E-state index in [1.807, 2.05) is 55.1 Å². The molecule has 3 heterocycles. The highest BCUT2D eigenvalue weighted by Gasteiger charge is 2.34. The third kappa shape index (κ3) is 3.53. The van der Waals surface area contributed by atoms with Gasteiger partial charge in [0.15, 0.2) is 5.69 Å². The van der Waals surface area contributed by atoms with E-state index < -0.39 is 0 Å². The average molecular weight is 433 g/mol. The third-order valence-corrected chi connectivity index (χ3v) is 6.86. The van der Waals surface area contributed by atoms with E-state index in [0.29, 0.717) is 29.6 Å². The fourth-order valence-corrected chi connectivity index (χ4v) is 5.41. The number of likely N-dealkylation sites (tertiary alicyclic amines) is 1. The smallest absolute Gasteiger partial charge is 0.275 e. The van der Waals surface area contributed by atoms with Crippen LogP contribution in [0, 0.1) is 5.92 Å². The first-order valence-corrected chi connectivity index (χ1v) is 11.5. The fraction of sp³-hybridized carbons (Fsp3) is 0.333. The Hall–Kier alpha value is -3.06. The van der Waals surface area contributed by atoms with Gasteiger partial charge < -0.3 is 4.90 Å². The maximum Gasteiger partial charge on any atom is 0.275 e. The number of amides is 1. The highest BCUT2D eigenvalue weighted by Crippen LogP contribution is 2.37. The molecule has 2 aromatic carbocycles. The zero-order chi connectivity index (χ0) is 21.5. The van der Waals surface area contributed by atoms with Crippen molar-refractivity contribution >= 4 is 38.2 Å². The van der Waals surface area contributed by atoms with E-state index in [9.17, 15) is 9.59 Å². The van der Waals surface area contributed by atoms with Gasteiger partial charge in [-0.15, -0.1) is 11.3 Å². The van der Waals surface area contributed by atoms with Crippen molar-refractivity contribution in [2.24, 2.45) is 5.92 Å². The zero-order valence-electron chi connectivity index (χ0n) is 17.6. The van der Waals surface area contributed by atoms with Crippen molar-refractivity contribution in [3.05, 3.63) is 69.6 Å². The average Bonchev–Trinajstić information content (AvgIpc) is 3.41. The number of carbonyl (C=O) groups excluding carboxylic acids is 1.